The van der Waals surface area contributed by atoms with Crippen molar-refractivity contribution in [3.05, 3.63) is 20.3 Å². The van der Waals surface area contributed by atoms with Gasteiger partial charge in [0.05, 0.1) is 16.5 Å². The van der Waals surface area contributed by atoms with Crippen molar-refractivity contribution in [2.75, 3.05) is 6.61 Å². The quantitative estimate of drug-likeness (QED) is 0.890. The zero-order valence-electron chi connectivity index (χ0n) is 9.49. The molecule has 2 atom stereocenters. The molecule has 0 spiro atoms. The van der Waals surface area contributed by atoms with Crippen molar-refractivity contribution in [2.24, 2.45) is 0 Å². The van der Waals surface area contributed by atoms with E-state index in [-0.39, 0.29) is 0 Å². The molecule has 1 aromatic rings. The predicted octanol–water partition coefficient (Wildman–Crippen LogP) is 4.44. The highest BCUT2D eigenvalue weighted by Crippen LogP contribution is 2.36. The van der Waals surface area contributed by atoms with Crippen LogP contribution in [0.25, 0.3) is 0 Å². The van der Waals surface area contributed by atoms with E-state index in [9.17, 15) is 5.11 Å². The summed E-state index contributed by atoms with van der Waals surface area (Å²) in [7, 11) is 0. The zero-order chi connectivity index (χ0) is 12.3. The van der Waals surface area contributed by atoms with Crippen molar-refractivity contribution in [1.82, 2.24) is 0 Å². The molecule has 5 heteroatoms. The second kappa shape index (κ2) is 6.39. The predicted molar refractivity (Wildman–Crippen MR) is 72.1 cm³/mol. The normalized spacial score (nSPS) is 22.6. The van der Waals surface area contributed by atoms with Crippen molar-refractivity contribution in [1.29, 1.82) is 0 Å². The first-order valence-electron chi connectivity index (χ1n) is 5.91. The molecule has 1 saturated heterocycles. The summed E-state index contributed by atoms with van der Waals surface area (Å²) >= 11 is 13.2. The van der Waals surface area contributed by atoms with Crippen LogP contribution in [-0.4, -0.2) is 17.8 Å². The number of aliphatic hydroxyl groups excluding tert-OH is 1. The molecule has 17 heavy (non-hydrogen) atoms. The first kappa shape index (κ1) is 13.6. The third-order valence-corrected chi connectivity index (χ3v) is 4.60. The Hall–Kier alpha value is 0.200. The largest absolute Gasteiger partial charge is 0.388 e. The highest BCUT2D eigenvalue weighted by molar-refractivity contribution is 7.20. The van der Waals surface area contributed by atoms with Crippen molar-refractivity contribution in [2.45, 2.75) is 44.3 Å². The number of hydrogen-bond acceptors (Lipinski definition) is 3. The van der Waals surface area contributed by atoms with E-state index in [0.29, 0.717) is 21.2 Å². The summed E-state index contributed by atoms with van der Waals surface area (Å²) in [6.07, 6.45) is 4.81. The molecule has 2 heterocycles. The third kappa shape index (κ3) is 3.83. The summed E-state index contributed by atoms with van der Waals surface area (Å²) in [6.45, 7) is 0.853. The summed E-state index contributed by atoms with van der Waals surface area (Å²) in [6, 6.07) is 1.75. The molecule has 1 aliphatic rings. The molecular formula is C12H16Cl2O2S. The standard InChI is InChI=1S/C12H16Cl2O2S/c13-11-7-9(12(14)17-11)10(15)5-4-8-3-1-2-6-16-8/h7-8,10,15H,1-6H2. The van der Waals surface area contributed by atoms with E-state index in [2.05, 4.69) is 0 Å². The van der Waals surface area contributed by atoms with Gasteiger partial charge in [0.2, 0.25) is 0 Å². The topological polar surface area (TPSA) is 29.5 Å². The van der Waals surface area contributed by atoms with E-state index in [1.807, 2.05) is 0 Å². The molecule has 1 N–H and O–H groups in total. The van der Waals surface area contributed by atoms with E-state index >= 15 is 0 Å². The number of halogens is 2. The van der Waals surface area contributed by atoms with Crippen molar-refractivity contribution in [3.8, 4) is 0 Å². The van der Waals surface area contributed by atoms with Crippen LogP contribution in [0.4, 0.5) is 0 Å². The number of ether oxygens (including phenoxy) is 1. The van der Waals surface area contributed by atoms with Gasteiger partial charge in [-0.1, -0.05) is 23.2 Å². The summed E-state index contributed by atoms with van der Waals surface area (Å²) in [5.41, 5.74) is 0.748. The molecular weight excluding hydrogens is 279 g/mol. The molecule has 0 aliphatic carbocycles. The van der Waals surface area contributed by atoms with Gasteiger partial charge in [-0.05, 0) is 38.2 Å². The Morgan fingerprint density at radius 3 is 2.88 bits per heavy atom. The van der Waals surface area contributed by atoms with Crippen LogP contribution >= 0.6 is 34.5 Å². The smallest absolute Gasteiger partial charge is 0.100 e. The maximum atomic E-state index is 10.1. The number of rotatable bonds is 4. The Morgan fingerprint density at radius 1 is 1.47 bits per heavy atom. The van der Waals surface area contributed by atoms with Crippen LogP contribution < -0.4 is 0 Å². The van der Waals surface area contributed by atoms with Crippen molar-refractivity contribution in [3.63, 3.8) is 0 Å². The van der Waals surface area contributed by atoms with Crippen molar-refractivity contribution >= 4 is 34.5 Å². The van der Waals surface area contributed by atoms with E-state index < -0.39 is 6.10 Å². The second-order valence-corrected chi connectivity index (χ2v) is 6.65. The number of thiophene rings is 1. The lowest BCUT2D eigenvalue weighted by Gasteiger charge is -2.23. The minimum absolute atomic E-state index is 0.297. The lowest BCUT2D eigenvalue weighted by Crippen LogP contribution is -2.19. The van der Waals surface area contributed by atoms with Gasteiger partial charge in [0, 0.05) is 12.2 Å². The molecule has 0 bridgehead atoms. The molecule has 0 aromatic carbocycles. The fourth-order valence-electron chi connectivity index (χ4n) is 2.11. The maximum absolute atomic E-state index is 10.1. The van der Waals surface area contributed by atoms with Crippen LogP contribution in [0.15, 0.2) is 6.07 Å². The zero-order valence-corrected chi connectivity index (χ0v) is 11.8. The first-order valence-corrected chi connectivity index (χ1v) is 7.48. The van der Waals surface area contributed by atoms with E-state index in [1.54, 1.807) is 6.07 Å². The van der Waals surface area contributed by atoms with Crippen LogP contribution in [0.3, 0.4) is 0 Å². The van der Waals surface area contributed by atoms with Gasteiger partial charge in [-0.2, -0.15) is 0 Å². The Kier molecular flexibility index (Phi) is 5.12. The summed E-state index contributed by atoms with van der Waals surface area (Å²) < 4.78 is 6.85. The SMILES string of the molecule is OC(CCC1CCCCO1)c1cc(Cl)sc1Cl. The first-order chi connectivity index (χ1) is 8.16. The van der Waals surface area contributed by atoms with Gasteiger partial charge in [0.15, 0.2) is 0 Å². The van der Waals surface area contributed by atoms with Gasteiger partial charge in [-0.25, -0.2) is 0 Å². The van der Waals surface area contributed by atoms with E-state index in [1.165, 1.54) is 17.8 Å². The van der Waals surface area contributed by atoms with Crippen LogP contribution in [0, 0.1) is 0 Å². The van der Waals surface area contributed by atoms with Gasteiger partial charge >= 0.3 is 0 Å². The molecule has 0 radical (unpaired) electrons. The summed E-state index contributed by atoms with van der Waals surface area (Å²) in [5, 5.41) is 10.1. The van der Waals surface area contributed by atoms with Crippen LogP contribution in [0.1, 0.15) is 43.8 Å². The second-order valence-electron chi connectivity index (χ2n) is 4.36. The van der Waals surface area contributed by atoms with Crippen molar-refractivity contribution < 1.29 is 9.84 Å². The Bertz CT molecular complexity index is 361. The molecule has 2 rings (SSSR count). The molecule has 96 valence electrons. The molecule has 2 nitrogen and oxygen atoms in total. The van der Waals surface area contributed by atoms with Gasteiger partial charge in [-0.15, -0.1) is 11.3 Å². The Labute approximate surface area is 115 Å². The fourth-order valence-corrected chi connectivity index (χ4v) is 3.68. The highest BCUT2D eigenvalue weighted by atomic mass is 35.5. The summed E-state index contributed by atoms with van der Waals surface area (Å²) in [5.74, 6) is 0. The maximum Gasteiger partial charge on any atom is 0.100 e. The van der Waals surface area contributed by atoms with Crippen LogP contribution in [0.2, 0.25) is 8.67 Å². The minimum Gasteiger partial charge on any atom is -0.388 e. The average Bonchev–Trinajstić information content (AvgIpc) is 2.67. The van der Waals surface area contributed by atoms with E-state index in [4.69, 9.17) is 27.9 Å². The number of aliphatic hydroxyl groups is 1. The summed E-state index contributed by atoms with van der Waals surface area (Å²) in [4.78, 5) is 0. The van der Waals surface area contributed by atoms with Crippen LogP contribution in [-0.2, 0) is 4.74 Å². The number of hydrogen-bond donors (Lipinski definition) is 1. The fraction of sp³-hybridized carbons (Fsp3) is 0.667. The molecule has 1 aromatic heterocycles. The Morgan fingerprint density at radius 2 is 2.29 bits per heavy atom. The lowest BCUT2D eigenvalue weighted by molar-refractivity contribution is 0.00216. The monoisotopic (exact) mass is 294 g/mol. The van der Waals surface area contributed by atoms with Gasteiger partial charge in [0.1, 0.15) is 4.34 Å². The van der Waals surface area contributed by atoms with E-state index in [0.717, 1.165) is 31.4 Å². The third-order valence-electron chi connectivity index (χ3n) is 3.08. The average molecular weight is 295 g/mol. The molecule has 0 amide bonds. The molecule has 1 fully saturated rings. The minimum atomic E-state index is -0.531. The highest BCUT2D eigenvalue weighted by Gasteiger charge is 2.19. The Balaban J connectivity index is 1.84. The lowest BCUT2D eigenvalue weighted by atomic mass is 10.0. The molecule has 2 unspecified atom stereocenters. The van der Waals surface area contributed by atoms with Gasteiger partial charge in [0.25, 0.3) is 0 Å². The molecule has 0 saturated carbocycles. The van der Waals surface area contributed by atoms with Gasteiger partial charge < -0.3 is 9.84 Å². The van der Waals surface area contributed by atoms with Crippen LogP contribution in [0.5, 0.6) is 0 Å². The van der Waals surface area contributed by atoms with Gasteiger partial charge in [-0.3, -0.25) is 0 Å². The molecule has 1 aliphatic heterocycles.